The van der Waals surface area contributed by atoms with Gasteiger partial charge in [0.1, 0.15) is 0 Å². The van der Waals surface area contributed by atoms with Crippen molar-refractivity contribution in [3.8, 4) is 0 Å². The SMILES string of the molecule is C[B][n+]1cc2ccc(/C=C/C(C)C)cc2c2ccccc21. The maximum atomic E-state index is 2.29. The van der Waals surface area contributed by atoms with Crippen LogP contribution in [0, 0.1) is 5.92 Å². The van der Waals surface area contributed by atoms with Crippen molar-refractivity contribution >= 4 is 35.2 Å². The number of nitrogens with zero attached hydrogens (tertiary/aromatic N) is 1. The van der Waals surface area contributed by atoms with Crippen LogP contribution in [0.15, 0.2) is 54.7 Å². The molecule has 3 rings (SSSR count). The molecule has 0 bridgehead atoms. The first-order valence-electron chi connectivity index (χ1n) is 7.53. The molecule has 0 N–H and O–H groups in total. The number of aromatic nitrogens is 1. The van der Waals surface area contributed by atoms with E-state index in [4.69, 9.17) is 0 Å². The molecule has 0 spiro atoms. The fraction of sp³-hybridized carbons (Fsp3) is 0.211. The summed E-state index contributed by atoms with van der Waals surface area (Å²) in [4.78, 5) is 0. The van der Waals surface area contributed by atoms with Gasteiger partial charge in [-0.15, -0.1) is 0 Å². The predicted octanol–water partition coefficient (Wildman–Crippen LogP) is 4.47. The standard InChI is InChI=1S/C19H20BN/c1-14(2)8-9-15-10-11-16-13-21(20-3)19-7-5-4-6-17(19)18(16)12-15/h4-14H,1-3H3/q+1/b9-8+. The average molecular weight is 273 g/mol. The van der Waals surface area contributed by atoms with E-state index >= 15 is 0 Å². The molecular formula is C19H20BN+. The molecule has 0 unspecified atom stereocenters. The Morgan fingerprint density at radius 1 is 1.05 bits per heavy atom. The van der Waals surface area contributed by atoms with E-state index in [9.17, 15) is 0 Å². The lowest BCUT2D eigenvalue weighted by Crippen LogP contribution is -2.38. The maximum Gasteiger partial charge on any atom is 0.536 e. The number of pyridine rings is 1. The Morgan fingerprint density at radius 2 is 1.86 bits per heavy atom. The van der Waals surface area contributed by atoms with Crippen LogP contribution in [0.1, 0.15) is 19.4 Å². The van der Waals surface area contributed by atoms with Crippen LogP contribution in [0.25, 0.3) is 27.8 Å². The minimum atomic E-state index is 0.574. The highest BCUT2D eigenvalue weighted by atomic mass is 14.8. The lowest BCUT2D eigenvalue weighted by molar-refractivity contribution is -0.496. The van der Waals surface area contributed by atoms with Gasteiger partial charge in [0.05, 0.1) is 5.39 Å². The van der Waals surface area contributed by atoms with Crippen LogP contribution in [0.4, 0.5) is 0 Å². The molecule has 1 aromatic heterocycles. The average Bonchev–Trinajstić information content (AvgIpc) is 2.52. The molecule has 0 atom stereocenters. The van der Waals surface area contributed by atoms with Crippen LogP contribution in [-0.4, -0.2) is 7.41 Å². The van der Waals surface area contributed by atoms with Crippen molar-refractivity contribution in [3.05, 3.63) is 60.3 Å². The Bertz CT molecular complexity index is 818. The summed E-state index contributed by atoms with van der Waals surface area (Å²) >= 11 is 0. The fourth-order valence-corrected chi connectivity index (χ4v) is 2.69. The largest absolute Gasteiger partial charge is 0.536 e. The van der Waals surface area contributed by atoms with Gasteiger partial charge < -0.3 is 0 Å². The zero-order valence-electron chi connectivity index (χ0n) is 12.9. The summed E-state index contributed by atoms with van der Waals surface area (Å²) in [6.07, 6.45) is 6.66. The van der Waals surface area contributed by atoms with Gasteiger partial charge in [-0.3, -0.25) is 4.48 Å². The summed E-state index contributed by atoms with van der Waals surface area (Å²) in [6, 6.07) is 15.3. The molecule has 0 aliphatic heterocycles. The number of rotatable bonds is 3. The minimum Gasteiger partial charge on any atom is -0.284 e. The van der Waals surface area contributed by atoms with Crippen molar-refractivity contribution in [1.29, 1.82) is 0 Å². The van der Waals surface area contributed by atoms with E-state index in [-0.39, 0.29) is 0 Å². The van der Waals surface area contributed by atoms with Crippen molar-refractivity contribution in [2.75, 3.05) is 0 Å². The molecule has 0 aliphatic carbocycles. The summed E-state index contributed by atoms with van der Waals surface area (Å²) in [5.41, 5.74) is 2.51. The van der Waals surface area contributed by atoms with Crippen LogP contribution in [0.5, 0.6) is 0 Å². The van der Waals surface area contributed by atoms with Crippen molar-refractivity contribution in [1.82, 2.24) is 0 Å². The quantitative estimate of drug-likeness (QED) is 0.490. The third-order valence-corrected chi connectivity index (χ3v) is 3.78. The molecule has 103 valence electrons. The molecule has 1 nitrogen and oxygen atoms in total. The number of fused-ring (bicyclic) bond motifs is 3. The van der Waals surface area contributed by atoms with Crippen LogP contribution in [0.2, 0.25) is 6.82 Å². The first-order valence-corrected chi connectivity index (χ1v) is 7.53. The van der Waals surface area contributed by atoms with Gasteiger partial charge in [-0.05, 0) is 36.5 Å². The number of hydrogen-bond donors (Lipinski definition) is 0. The second-order valence-electron chi connectivity index (χ2n) is 5.76. The molecule has 2 aromatic carbocycles. The first kappa shape index (κ1) is 13.9. The highest BCUT2D eigenvalue weighted by molar-refractivity contribution is 6.23. The van der Waals surface area contributed by atoms with Gasteiger partial charge in [0.2, 0.25) is 0 Å². The summed E-state index contributed by atoms with van der Waals surface area (Å²) < 4.78 is 2.20. The molecule has 0 saturated heterocycles. The topological polar surface area (TPSA) is 3.88 Å². The Balaban J connectivity index is 2.27. The van der Waals surface area contributed by atoms with E-state index in [1.54, 1.807) is 0 Å². The fourth-order valence-electron chi connectivity index (χ4n) is 2.69. The normalized spacial score (nSPS) is 11.8. The molecule has 1 heterocycles. The van der Waals surface area contributed by atoms with Crippen molar-refractivity contribution in [3.63, 3.8) is 0 Å². The van der Waals surface area contributed by atoms with Crippen LogP contribution in [-0.2, 0) is 0 Å². The van der Waals surface area contributed by atoms with Gasteiger partial charge in [-0.2, -0.15) is 0 Å². The minimum absolute atomic E-state index is 0.574. The van der Waals surface area contributed by atoms with Gasteiger partial charge in [-0.25, -0.2) is 0 Å². The molecule has 0 saturated carbocycles. The van der Waals surface area contributed by atoms with E-state index in [1.165, 1.54) is 27.2 Å². The van der Waals surface area contributed by atoms with E-state index < -0.39 is 0 Å². The number of para-hydroxylation sites is 1. The van der Waals surface area contributed by atoms with Gasteiger partial charge >= 0.3 is 7.41 Å². The Morgan fingerprint density at radius 3 is 2.62 bits per heavy atom. The summed E-state index contributed by atoms with van der Waals surface area (Å²) in [5.74, 6) is 0.574. The van der Waals surface area contributed by atoms with E-state index in [0.717, 1.165) is 0 Å². The lowest BCUT2D eigenvalue weighted by Gasteiger charge is -2.05. The third-order valence-electron chi connectivity index (χ3n) is 3.78. The lowest BCUT2D eigenvalue weighted by atomic mass is 9.95. The van der Waals surface area contributed by atoms with Crippen LogP contribution >= 0.6 is 0 Å². The highest BCUT2D eigenvalue weighted by Crippen LogP contribution is 2.24. The summed E-state index contributed by atoms with van der Waals surface area (Å²) in [5, 5.41) is 3.89. The van der Waals surface area contributed by atoms with E-state index in [2.05, 4.69) is 93.4 Å². The van der Waals surface area contributed by atoms with Crippen molar-refractivity contribution < 1.29 is 4.48 Å². The van der Waals surface area contributed by atoms with Crippen LogP contribution in [0.3, 0.4) is 0 Å². The molecule has 3 aromatic rings. The Hall–Kier alpha value is -2.09. The first-order chi connectivity index (χ1) is 10.2. The summed E-state index contributed by atoms with van der Waals surface area (Å²) in [6.45, 7) is 6.47. The molecule has 1 radical (unpaired) electrons. The zero-order chi connectivity index (χ0) is 14.8. The number of allylic oxidation sites excluding steroid dienone is 1. The van der Waals surface area contributed by atoms with E-state index in [0.29, 0.717) is 5.92 Å². The van der Waals surface area contributed by atoms with E-state index in [1.807, 2.05) is 0 Å². The molecule has 2 heteroatoms. The maximum absolute atomic E-state index is 2.29. The third kappa shape index (κ3) is 2.71. The smallest absolute Gasteiger partial charge is 0.284 e. The van der Waals surface area contributed by atoms with Gasteiger partial charge in [0.15, 0.2) is 11.7 Å². The van der Waals surface area contributed by atoms with Gasteiger partial charge in [0, 0.05) is 16.8 Å². The number of benzene rings is 2. The second kappa shape index (κ2) is 5.73. The monoisotopic (exact) mass is 273 g/mol. The van der Waals surface area contributed by atoms with Crippen molar-refractivity contribution in [2.24, 2.45) is 5.92 Å². The van der Waals surface area contributed by atoms with Gasteiger partial charge in [0.25, 0.3) is 0 Å². The second-order valence-corrected chi connectivity index (χ2v) is 5.76. The highest BCUT2D eigenvalue weighted by Gasteiger charge is 2.12. The predicted molar refractivity (Wildman–Crippen MR) is 92.5 cm³/mol. The molecule has 0 fully saturated rings. The number of hydrogen-bond acceptors (Lipinski definition) is 0. The molecule has 0 amide bonds. The summed E-state index contributed by atoms with van der Waals surface area (Å²) in [7, 11) is 2.11. The molecular weight excluding hydrogens is 253 g/mol. The Labute approximate surface area is 127 Å². The molecule has 21 heavy (non-hydrogen) atoms. The van der Waals surface area contributed by atoms with Crippen LogP contribution < -0.4 is 4.48 Å². The van der Waals surface area contributed by atoms with Crippen molar-refractivity contribution in [2.45, 2.75) is 20.7 Å². The van der Waals surface area contributed by atoms with Gasteiger partial charge in [-0.1, -0.05) is 44.2 Å². The Kier molecular flexibility index (Phi) is 3.79. The zero-order valence-corrected chi connectivity index (χ0v) is 12.9. The molecule has 0 aliphatic rings.